The van der Waals surface area contributed by atoms with Gasteiger partial charge in [-0.2, -0.15) is 0 Å². The molecule has 2 heteroatoms. The second-order valence-corrected chi connectivity index (χ2v) is 5.22. The number of hydrogen-bond donors (Lipinski definition) is 1. The third-order valence-corrected chi connectivity index (χ3v) is 2.29. The first-order valence-electron chi connectivity index (χ1n) is 5.21. The molecule has 13 heavy (non-hydrogen) atoms. The number of hydrogen-bond acceptors (Lipinski definition) is 2. The maximum absolute atomic E-state index is 3.19. The Morgan fingerprint density at radius 1 is 1.31 bits per heavy atom. The topological polar surface area (TPSA) is 15.3 Å². The molecular weight excluding hydrogens is 160 g/mol. The van der Waals surface area contributed by atoms with Gasteiger partial charge in [0.05, 0.1) is 0 Å². The molecule has 80 valence electrons. The van der Waals surface area contributed by atoms with E-state index in [-0.39, 0.29) is 0 Å². The lowest BCUT2D eigenvalue weighted by Gasteiger charge is -2.31. The fourth-order valence-electron chi connectivity index (χ4n) is 1.48. The van der Waals surface area contributed by atoms with Crippen molar-refractivity contribution < 1.29 is 0 Å². The quantitative estimate of drug-likeness (QED) is 0.706. The Morgan fingerprint density at radius 2 is 1.85 bits per heavy atom. The molecule has 1 unspecified atom stereocenters. The molecule has 0 aromatic carbocycles. The van der Waals surface area contributed by atoms with E-state index in [1.54, 1.807) is 0 Å². The molecule has 0 aliphatic heterocycles. The lowest BCUT2D eigenvalue weighted by atomic mass is 9.95. The molecule has 0 aromatic rings. The highest BCUT2D eigenvalue weighted by Crippen LogP contribution is 2.16. The number of nitrogens with zero attached hydrogens (tertiary/aromatic N) is 1. The molecule has 0 aliphatic carbocycles. The monoisotopic (exact) mass is 186 g/mol. The summed E-state index contributed by atoms with van der Waals surface area (Å²) in [4.78, 5) is 2.44. The Balaban J connectivity index is 3.75. The van der Waals surface area contributed by atoms with Crippen molar-refractivity contribution in [3.8, 4) is 0 Å². The lowest BCUT2D eigenvalue weighted by Crippen LogP contribution is -2.37. The molecule has 1 N–H and O–H groups in total. The van der Waals surface area contributed by atoms with Gasteiger partial charge in [-0.15, -0.1) is 0 Å². The molecule has 1 atom stereocenters. The molecule has 0 rings (SSSR count). The van der Waals surface area contributed by atoms with Crippen LogP contribution in [-0.4, -0.2) is 38.1 Å². The highest BCUT2D eigenvalue weighted by Gasteiger charge is 2.16. The van der Waals surface area contributed by atoms with Crippen LogP contribution in [0.5, 0.6) is 0 Å². The van der Waals surface area contributed by atoms with Crippen LogP contribution in [0.2, 0.25) is 0 Å². The normalized spacial score (nSPS) is 15.0. The molecule has 0 heterocycles. The molecule has 0 spiro atoms. The minimum atomic E-state index is 0.405. The van der Waals surface area contributed by atoms with Crippen molar-refractivity contribution in [3.63, 3.8) is 0 Å². The molecule has 0 saturated heterocycles. The average Bonchev–Trinajstić information content (AvgIpc) is 1.96. The predicted molar refractivity (Wildman–Crippen MR) is 60.1 cm³/mol. The second-order valence-electron chi connectivity index (χ2n) is 5.22. The first-order chi connectivity index (χ1) is 5.87. The molecule has 0 bridgehead atoms. The summed E-state index contributed by atoms with van der Waals surface area (Å²) in [6, 6.07) is 0.673. The van der Waals surface area contributed by atoms with E-state index in [1.807, 2.05) is 7.05 Å². The van der Waals surface area contributed by atoms with Crippen LogP contribution in [0.25, 0.3) is 0 Å². The number of rotatable bonds is 5. The average molecular weight is 186 g/mol. The van der Waals surface area contributed by atoms with Crippen LogP contribution in [0.3, 0.4) is 0 Å². The Bertz CT molecular complexity index is 127. The van der Waals surface area contributed by atoms with Crippen LogP contribution >= 0.6 is 0 Å². The van der Waals surface area contributed by atoms with E-state index in [9.17, 15) is 0 Å². The van der Waals surface area contributed by atoms with E-state index in [4.69, 9.17) is 0 Å². The van der Waals surface area contributed by atoms with E-state index in [0.29, 0.717) is 11.5 Å². The van der Waals surface area contributed by atoms with E-state index < -0.39 is 0 Å². The molecule has 2 nitrogen and oxygen atoms in total. The van der Waals surface area contributed by atoms with Gasteiger partial charge >= 0.3 is 0 Å². The van der Waals surface area contributed by atoms with Gasteiger partial charge in [-0.3, -0.25) is 0 Å². The van der Waals surface area contributed by atoms with Crippen molar-refractivity contribution in [1.82, 2.24) is 10.2 Å². The van der Waals surface area contributed by atoms with Gasteiger partial charge < -0.3 is 10.2 Å². The first kappa shape index (κ1) is 12.9. The van der Waals surface area contributed by atoms with Gasteiger partial charge in [0.25, 0.3) is 0 Å². The maximum Gasteiger partial charge on any atom is 0.00761 e. The fraction of sp³-hybridized carbons (Fsp3) is 1.00. The van der Waals surface area contributed by atoms with Crippen LogP contribution in [0, 0.1) is 5.41 Å². The molecule has 0 fully saturated rings. The molecule has 0 radical (unpaired) electrons. The summed E-state index contributed by atoms with van der Waals surface area (Å²) in [6.07, 6.45) is 1.23. The van der Waals surface area contributed by atoms with Crippen molar-refractivity contribution in [2.24, 2.45) is 5.41 Å². The summed E-state index contributed by atoms with van der Waals surface area (Å²) in [5.74, 6) is 0. The smallest absolute Gasteiger partial charge is 0.00761 e. The molecule has 0 saturated carbocycles. The van der Waals surface area contributed by atoms with Crippen LogP contribution in [0.15, 0.2) is 0 Å². The highest BCUT2D eigenvalue weighted by molar-refractivity contribution is 4.71. The lowest BCUT2D eigenvalue weighted by molar-refractivity contribution is 0.174. The SMILES string of the molecule is CNCCC(C)N(C)CC(C)(C)C. The third kappa shape index (κ3) is 7.03. The maximum atomic E-state index is 3.19. The summed E-state index contributed by atoms with van der Waals surface area (Å²) in [6.45, 7) is 11.4. The van der Waals surface area contributed by atoms with Crippen LogP contribution < -0.4 is 5.32 Å². The number of nitrogens with one attached hydrogen (secondary N) is 1. The molecule has 0 aliphatic rings. The second kappa shape index (κ2) is 5.61. The highest BCUT2D eigenvalue weighted by atomic mass is 15.1. The largest absolute Gasteiger partial charge is 0.320 e. The van der Waals surface area contributed by atoms with Crippen molar-refractivity contribution in [2.75, 3.05) is 27.2 Å². The summed E-state index contributed by atoms with van der Waals surface area (Å²) in [5.41, 5.74) is 0.405. The summed E-state index contributed by atoms with van der Waals surface area (Å²) >= 11 is 0. The Labute approximate surface area is 83.7 Å². The van der Waals surface area contributed by atoms with Gasteiger partial charge in [0.15, 0.2) is 0 Å². The van der Waals surface area contributed by atoms with Gasteiger partial charge in [0.1, 0.15) is 0 Å². The standard InChI is InChI=1S/C11H26N2/c1-10(7-8-12-5)13(6)9-11(2,3)4/h10,12H,7-9H2,1-6H3. The third-order valence-electron chi connectivity index (χ3n) is 2.29. The van der Waals surface area contributed by atoms with Crippen molar-refractivity contribution in [2.45, 2.75) is 40.2 Å². The fourth-order valence-corrected chi connectivity index (χ4v) is 1.48. The van der Waals surface area contributed by atoms with Gasteiger partial charge in [0, 0.05) is 12.6 Å². The minimum absolute atomic E-state index is 0.405. The predicted octanol–water partition coefficient (Wildman–Crippen LogP) is 1.96. The van der Waals surface area contributed by atoms with Gasteiger partial charge in [-0.25, -0.2) is 0 Å². The van der Waals surface area contributed by atoms with Crippen molar-refractivity contribution in [3.05, 3.63) is 0 Å². The van der Waals surface area contributed by atoms with E-state index in [1.165, 1.54) is 6.42 Å². The summed E-state index contributed by atoms with van der Waals surface area (Å²) in [7, 11) is 4.22. The van der Waals surface area contributed by atoms with Gasteiger partial charge in [0.2, 0.25) is 0 Å². The van der Waals surface area contributed by atoms with E-state index in [2.05, 4.69) is 45.0 Å². The molecule has 0 amide bonds. The zero-order valence-electron chi connectivity index (χ0n) is 10.1. The zero-order chi connectivity index (χ0) is 10.5. The molecular formula is C11H26N2. The van der Waals surface area contributed by atoms with E-state index >= 15 is 0 Å². The van der Waals surface area contributed by atoms with Crippen LogP contribution in [-0.2, 0) is 0 Å². The summed E-state index contributed by atoms with van der Waals surface area (Å²) < 4.78 is 0. The minimum Gasteiger partial charge on any atom is -0.320 e. The Morgan fingerprint density at radius 3 is 2.23 bits per heavy atom. The van der Waals surface area contributed by atoms with Crippen molar-refractivity contribution >= 4 is 0 Å². The first-order valence-corrected chi connectivity index (χ1v) is 5.21. The van der Waals surface area contributed by atoms with Gasteiger partial charge in [-0.1, -0.05) is 20.8 Å². The Kier molecular flexibility index (Phi) is 5.57. The van der Waals surface area contributed by atoms with Crippen molar-refractivity contribution in [1.29, 1.82) is 0 Å². The zero-order valence-corrected chi connectivity index (χ0v) is 10.1. The van der Waals surface area contributed by atoms with Gasteiger partial charge in [-0.05, 0) is 39.4 Å². The van der Waals surface area contributed by atoms with Crippen LogP contribution in [0.4, 0.5) is 0 Å². The van der Waals surface area contributed by atoms with Crippen LogP contribution in [0.1, 0.15) is 34.1 Å². The molecule has 0 aromatic heterocycles. The summed E-state index contributed by atoms with van der Waals surface area (Å²) in [5, 5.41) is 3.19. The Hall–Kier alpha value is -0.0800. The van der Waals surface area contributed by atoms with E-state index in [0.717, 1.165) is 13.1 Å².